The minimum absolute atomic E-state index is 0.0122. The Kier molecular flexibility index (Phi) is 12.6. The molecule has 0 saturated carbocycles. The summed E-state index contributed by atoms with van der Waals surface area (Å²) in [5.41, 5.74) is 1.03. The summed E-state index contributed by atoms with van der Waals surface area (Å²) in [5, 5.41) is 2.76. The van der Waals surface area contributed by atoms with Gasteiger partial charge < -0.3 is 24.8 Å². The average molecular weight is 786 g/mol. The number of β-lactam (4-membered cyclic amide) rings is 1. The van der Waals surface area contributed by atoms with Gasteiger partial charge in [0.05, 0.1) is 17.6 Å². The Balaban J connectivity index is 1.12. The SMILES string of the molecule is O=C(NCc1cccc(C(F)(F)F)c1)[C@H](CCC(=O)N1CCC(CN2CCCCC2)CC1)N1C(=O)[C@@H](N2C(=O)OC[C@@H]2c2ccccc2)[C@H]1/C=C/c1ccccc1. The number of hydrogen-bond donors (Lipinski definition) is 1. The fraction of sp³-hybridized carbons (Fsp3) is 0.455. The molecule has 0 unspecified atom stereocenters. The average Bonchev–Trinajstić information content (AvgIpc) is 3.60. The molecule has 4 aliphatic heterocycles. The predicted octanol–water partition coefficient (Wildman–Crippen LogP) is 6.68. The summed E-state index contributed by atoms with van der Waals surface area (Å²) >= 11 is 0. The van der Waals surface area contributed by atoms with Crippen molar-refractivity contribution < 1.29 is 37.1 Å². The molecule has 13 heteroatoms. The molecule has 0 aliphatic carbocycles. The van der Waals surface area contributed by atoms with Gasteiger partial charge in [-0.25, -0.2) is 4.79 Å². The maximum Gasteiger partial charge on any atom is 0.416 e. The van der Waals surface area contributed by atoms with Crippen LogP contribution in [0.4, 0.5) is 18.0 Å². The van der Waals surface area contributed by atoms with Gasteiger partial charge >= 0.3 is 12.3 Å². The first kappa shape index (κ1) is 40.0. The largest absolute Gasteiger partial charge is 0.447 e. The molecule has 10 nitrogen and oxygen atoms in total. The van der Waals surface area contributed by atoms with Crippen LogP contribution in [-0.4, -0.2) is 101 Å². The van der Waals surface area contributed by atoms with Crippen LogP contribution in [0.1, 0.15) is 73.2 Å². The molecule has 4 saturated heterocycles. The van der Waals surface area contributed by atoms with E-state index in [-0.39, 0.29) is 37.5 Å². The lowest BCUT2D eigenvalue weighted by Gasteiger charge is -2.52. The van der Waals surface area contributed by atoms with Crippen molar-refractivity contribution in [3.63, 3.8) is 0 Å². The first-order valence-corrected chi connectivity index (χ1v) is 20.1. The van der Waals surface area contributed by atoms with Crippen LogP contribution in [-0.2, 0) is 31.8 Å². The van der Waals surface area contributed by atoms with Crippen LogP contribution in [0.15, 0.2) is 91.0 Å². The number of nitrogens with one attached hydrogen (secondary N) is 1. The van der Waals surface area contributed by atoms with Crippen LogP contribution < -0.4 is 5.32 Å². The standard InChI is InChI=1S/C44H50F3N5O5/c45-44(46,47)35-16-10-13-33(27-35)28-48-41(54)37(19-20-39(53)50-25-21-32(22-26-50)29-49-23-8-3-9-24-49)51-36(18-17-31-11-4-1-5-12-31)40(42(51)55)52-38(30-57-43(52)56)34-14-6-2-7-15-34/h1-2,4-7,10-18,27,32,36-38,40H,3,8-9,19-26,28-30H2,(H,48,54)/b18-17+/t36-,37+,38-,40+/m1/s1. The van der Waals surface area contributed by atoms with Crippen molar-refractivity contribution in [2.24, 2.45) is 5.92 Å². The summed E-state index contributed by atoms with van der Waals surface area (Å²) in [6.45, 7) is 4.36. The van der Waals surface area contributed by atoms with Crippen molar-refractivity contribution >= 4 is 29.9 Å². The number of alkyl halides is 3. The summed E-state index contributed by atoms with van der Waals surface area (Å²) in [4.78, 5) is 63.0. The molecule has 3 aromatic carbocycles. The second kappa shape index (κ2) is 18.0. The predicted molar refractivity (Wildman–Crippen MR) is 208 cm³/mol. The molecular formula is C44H50F3N5O5. The van der Waals surface area contributed by atoms with E-state index in [9.17, 15) is 32.3 Å². The number of carbonyl (C=O) groups is 4. The lowest BCUT2D eigenvalue weighted by atomic mass is 9.87. The zero-order valence-electron chi connectivity index (χ0n) is 32.0. The minimum atomic E-state index is -4.56. The molecule has 4 aliphatic rings. The normalized spacial score (nSPS) is 22.7. The molecule has 1 N–H and O–H groups in total. The second-order valence-corrected chi connectivity index (χ2v) is 15.5. The monoisotopic (exact) mass is 785 g/mol. The molecule has 4 atom stereocenters. The Morgan fingerprint density at radius 2 is 1.58 bits per heavy atom. The fourth-order valence-corrected chi connectivity index (χ4v) is 8.66. The van der Waals surface area contributed by atoms with Gasteiger partial charge in [-0.15, -0.1) is 0 Å². The van der Waals surface area contributed by atoms with Gasteiger partial charge in [0.1, 0.15) is 18.7 Å². The molecule has 0 aromatic heterocycles. The van der Waals surface area contributed by atoms with Crippen molar-refractivity contribution in [2.45, 2.75) is 81.8 Å². The second-order valence-electron chi connectivity index (χ2n) is 15.5. The summed E-state index contributed by atoms with van der Waals surface area (Å²) in [7, 11) is 0. The molecule has 4 amide bonds. The fourth-order valence-electron chi connectivity index (χ4n) is 8.66. The van der Waals surface area contributed by atoms with E-state index in [0.717, 1.165) is 55.7 Å². The van der Waals surface area contributed by atoms with Crippen molar-refractivity contribution in [3.05, 3.63) is 113 Å². The highest BCUT2D eigenvalue weighted by molar-refractivity contribution is 5.98. The number of piperidine rings is 2. The number of ether oxygens (including phenoxy) is 1. The van der Waals surface area contributed by atoms with E-state index < -0.39 is 53.8 Å². The number of amides is 4. The maximum atomic E-state index is 14.5. The smallest absolute Gasteiger partial charge is 0.416 e. The van der Waals surface area contributed by atoms with Gasteiger partial charge in [-0.05, 0) is 79.9 Å². The third-order valence-corrected chi connectivity index (χ3v) is 11.8. The molecule has 4 heterocycles. The van der Waals surface area contributed by atoms with Gasteiger partial charge in [-0.3, -0.25) is 19.3 Å². The minimum Gasteiger partial charge on any atom is -0.447 e. The van der Waals surface area contributed by atoms with Crippen LogP contribution in [0.2, 0.25) is 0 Å². The molecule has 0 bridgehead atoms. The molecule has 4 fully saturated rings. The van der Waals surface area contributed by atoms with E-state index in [1.165, 1.54) is 41.2 Å². The highest BCUT2D eigenvalue weighted by Gasteiger charge is 2.58. The summed E-state index contributed by atoms with van der Waals surface area (Å²) in [5.74, 6) is -0.682. The van der Waals surface area contributed by atoms with Gasteiger partial charge in [0.2, 0.25) is 17.7 Å². The first-order valence-electron chi connectivity index (χ1n) is 20.1. The van der Waals surface area contributed by atoms with Crippen LogP contribution in [0.3, 0.4) is 0 Å². The van der Waals surface area contributed by atoms with Gasteiger partial charge in [-0.1, -0.05) is 91.4 Å². The van der Waals surface area contributed by atoms with Crippen molar-refractivity contribution in [2.75, 3.05) is 39.3 Å². The summed E-state index contributed by atoms with van der Waals surface area (Å²) in [6, 6.07) is 19.9. The van der Waals surface area contributed by atoms with E-state index in [1.54, 1.807) is 6.08 Å². The van der Waals surface area contributed by atoms with E-state index >= 15 is 0 Å². The quantitative estimate of drug-likeness (QED) is 0.194. The Labute approximate surface area is 331 Å². The van der Waals surface area contributed by atoms with E-state index in [4.69, 9.17) is 4.74 Å². The van der Waals surface area contributed by atoms with Crippen LogP contribution in [0.25, 0.3) is 6.08 Å². The topological polar surface area (TPSA) is 103 Å². The number of benzene rings is 3. The number of halogens is 3. The van der Waals surface area contributed by atoms with Gasteiger partial charge in [-0.2, -0.15) is 13.2 Å². The van der Waals surface area contributed by atoms with Crippen molar-refractivity contribution in [3.8, 4) is 0 Å². The molecule has 0 spiro atoms. The molecule has 0 radical (unpaired) electrons. The Bertz CT molecular complexity index is 1900. The lowest BCUT2D eigenvalue weighted by molar-refractivity contribution is -0.163. The molecular weight excluding hydrogens is 736 g/mol. The molecule has 3 aromatic rings. The maximum absolute atomic E-state index is 14.5. The lowest BCUT2D eigenvalue weighted by Crippen LogP contribution is -2.74. The van der Waals surface area contributed by atoms with E-state index in [2.05, 4.69) is 10.2 Å². The van der Waals surface area contributed by atoms with Gasteiger partial charge in [0.15, 0.2) is 0 Å². The number of nitrogens with zero attached hydrogens (tertiary/aromatic N) is 4. The Morgan fingerprint density at radius 3 is 2.28 bits per heavy atom. The number of carbonyl (C=O) groups excluding carboxylic acids is 4. The van der Waals surface area contributed by atoms with Crippen molar-refractivity contribution in [1.82, 2.24) is 24.9 Å². The van der Waals surface area contributed by atoms with Gasteiger partial charge in [0, 0.05) is 32.6 Å². The molecule has 57 heavy (non-hydrogen) atoms. The molecule has 302 valence electrons. The first-order chi connectivity index (χ1) is 27.6. The molecule has 7 rings (SSSR count). The number of cyclic esters (lactones) is 1. The summed E-state index contributed by atoms with van der Waals surface area (Å²) < 4.78 is 46.0. The number of hydrogen-bond acceptors (Lipinski definition) is 6. The van der Waals surface area contributed by atoms with Crippen LogP contribution >= 0.6 is 0 Å². The Hall–Kier alpha value is -5.17. The third kappa shape index (κ3) is 9.52. The van der Waals surface area contributed by atoms with Crippen LogP contribution in [0.5, 0.6) is 0 Å². The van der Waals surface area contributed by atoms with E-state index in [0.29, 0.717) is 19.0 Å². The van der Waals surface area contributed by atoms with Crippen LogP contribution in [0, 0.1) is 5.92 Å². The summed E-state index contributed by atoms with van der Waals surface area (Å²) in [6.07, 6.45) is 3.91. The number of likely N-dealkylation sites (tertiary alicyclic amines) is 3. The highest BCUT2D eigenvalue weighted by Crippen LogP contribution is 2.39. The zero-order chi connectivity index (χ0) is 39.9. The number of rotatable bonds is 13. The third-order valence-electron chi connectivity index (χ3n) is 11.8. The highest BCUT2D eigenvalue weighted by atomic mass is 19.4. The van der Waals surface area contributed by atoms with Gasteiger partial charge in [0.25, 0.3) is 0 Å². The van der Waals surface area contributed by atoms with E-state index in [1.807, 2.05) is 71.6 Å². The van der Waals surface area contributed by atoms with Crippen molar-refractivity contribution in [1.29, 1.82) is 0 Å². The Morgan fingerprint density at radius 1 is 0.877 bits per heavy atom. The zero-order valence-corrected chi connectivity index (χ0v) is 32.0.